The third-order valence-electron chi connectivity index (χ3n) is 7.22. The van der Waals surface area contributed by atoms with E-state index in [2.05, 4.69) is 25.7 Å². The summed E-state index contributed by atoms with van der Waals surface area (Å²) < 4.78 is 21.6. The molecule has 1 saturated carbocycles. The van der Waals surface area contributed by atoms with Crippen LogP contribution >= 0.6 is 11.5 Å². The number of rotatable bonds is 7. The molecular formula is C26H30N7O5S+. The molecule has 0 unspecified atom stereocenters. The first-order chi connectivity index (χ1) is 19.0. The van der Waals surface area contributed by atoms with E-state index in [0.717, 1.165) is 24.9 Å². The van der Waals surface area contributed by atoms with Gasteiger partial charge in [-0.15, -0.1) is 0 Å². The zero-order valence-electron chi connectivity index (χ0n) is 21.3. The number of hydrogen-bond acceptors (Lipinski definition) is 11. The Morgan fingerprint density at radius 1 is 1.13 bits per heavy atom. The van der Waals surface area contributed by atoms with Gasteiger partial charge in [-0.25, -0.2) is 4.98 Å². The number of nitrogens with one attached hydrogen (secondary N) is 2. The molecule has 0 bridgehead atoms. The SMILES string of the molecule is NC(=O)c1ncc(N[C@@H]2CCCC[C@H]2[NH3+])cc1Nc1cnsc1-c1coc2c(=O)cc(N3CCOCC3)oc12. The number of carbonyl (C=O) groups is 1. The third kappa shape index (κ3) is 5.07. The van der Waals surface area contributed by atoms with E-state index in [1.54, 1.807) is 12.4 Å². The van der Waals surface area contributed by atoms with Crippen molar-refractivity contribution in [2.45, 2.75) is 37.8 Å². The Morgan fingerprint density at radius 2 is 1.95 bits per heavy atom. The van der Waals surface area contributed by atoms with E-state index < -0.39 is 5.91 Å². The van der Waals surface area contributed by atoms with Gasteiger partial charge in [-0.05, 0) is 30.4 Å². The van der Waals surface area contributed by atoms with Crippen molar-refractivity contribution >= 4 is 51.6 Å². The fourth-order valence-corrected chi connectivity index (χ4v) is 5.85. The molecule has 0 aromatic carbocycles. The molecule has 2 fully saturated rings. The molecule has 2 aliphatic rings. The van der Waals surface area contributed by atoms with Crippen LogP contribution < -0.4 is 32.4 Å². The van der Waals surface area contributed by atoms with Crippen LogP contribution in [0.25, 0.3) is 21.6 Å². The predicted molar refractivity (Wildman–Crippen MR) is 147 cm³/mol. The minimum Gasteiger partial charge on any atom is -0.456 e. The second-order valence-corrected chi connectivity index (χ2v) is 10.6. The first kappa shape index (κ1) is 25.3. The van der Waals surface area contributed by atoms with Crippen molar-refractivity contribution in [1.82, 2.24) is 9.36 Å². The summed E-state index contributed by atoms with van der Waals surface area (Å²) in [4.78, 5) is 32.0. The van der Waals surface area contributed by atoms with Crippen molar-refractivity contribution in [3.8, 4) is 10.4 Å². The van der Waals surface area contributed by atoms with Crippen LogP contribution in [0.2, 0.25) is 0 Å². The lowest BCUT2D eigenvalue weighted by atomic mass is 9.91. The summed E-state index contributed by atoms with van der Waals surface area (Å²) >= 11 is 1.21. The fourth-order valence-electron chi connectivity index (χ4n) is 5.14. The number of furan rings is 1. The minimum atomic E-state index is -0.656. The van der Waals surface area contributed by atoms with E-state index in [1.807, 2.05) is 11.0 Å². The molecule has 39 heavy (non-hydrogen) atoms. The van der Waals surface area contributed by atoms with Gasteiger partial charge in [-0.1, -0.05) is 6.42 Å². The lowest BCUT2D eigenvalue weighted by Gasteiger charge is -2.27. The quantitative estimate of drug-likeness (QED) is 0.266. The van der Waals surface area contributed by atoms with Gasteiger partial charge in [0, 0.05) is 19.5 Å². The number of primary amides is 1. The van der Waals surface area contributed by atoms with Crippen LogP contribution in [0.5, 0.6) is 0 Å². The molecule has 4 aromatic rings. The van der Waals surface area contributed by atoms with Gasteiger partial charge in [-0.2, -0.15) is 4.37 Å². The largest absolute Gasteiger partial charge is 0.456 e. The number of ether oxygens (including phenoxy) is 1. The van der Waals surface area contributed by atoms with Gasteiger partial charge >= 0.3 is 0 Å². The maximum Gasteiger partial charge on any atom is 0.269 e. The van der Waals surface area contributed by atoms with Gasteiger partial charge in [0.1, 0.15) is 12.3 Å². The number of aromatic nitrogens is 2. The van der Waals surface area contributed by atoms with Crippen molar-refractivity contribution in [3.63, 3.8) is 0 Å². The average Bonchev–Trinajstić information content (AvgIpc) is 3.57. The van der Waals surface area contributed by atoms with Crippen LogP contribution in [-0.2, 0) is 4.74 Å². The number of morpholine rings is 1. The number of fused-ring (bicyclic) bond motifs is 1. The van der Waals surface area contributed by atoms with Gasteiger partial charge in [0.15, 0.2) is 17.2 Å². The average molecular weight is 553 g/mol. The Labute approximate surface area is 227 Å². The molecule has 5 heterocycles. The van der Waals surface area contributed by atoms with E-state index in [-0.39, 0.29) is 22.7 Å². The Morgan fingerprint density at radius 3 is 2.74 bits per heavy atom. The van der Waals surface area contributed by atoms with E-state index >= 15 is 0 Å². The highest BCUT2D eigenvalue weighted by molar-refractivity contribution is 7.10. The van der Waals surface area contributed by atoms with Gasteiger partial charge in [0.05, 0.1) is 65.2 Å². The normalized spacial score (nSPS) is 19.8. The smallest absolute Gasteiger partial charge is 0.269 e. The number of amides is 1. The van der Waals surface area contributed by atoms with E-state index in [1.165, 1.54) is 30.3 Å². The first-order valence-corrected chi connectivity index (χ1v) is 13.7. The first-order valence-electron chi connectivity index (χ1n) is 13.0. The van der Waals surface area contributed by atoms with Gasteiger partial charge in [0.25, 0.3) is 5.91 Å². The zero-order chi connectivity index (χ0) is 26.9. The number of nitrogens with two attached hydrogens (primary N) is 1. The molecule has 1 aliphatic carbocycles. The van der Waals surface area contributed by atoms with E-state index in [9.17, 15) is 9.59 Å². The van der Waals surface area contributed by atoms with Crippen molar-refractivity contribution < 1.29 is 24.1 Å². The van der Waals surface area contributed by atoms with E-state index in [4.69, 9.17) is 19.3 Å². The van der Waals surface area contributed by atoms with Crippen molar-refractivity contribution in [2.24, 2.45) is 5.73 Å². The number of anilines is 4. The van der Waals surface area contributed by atoms with Crippen molar-refractivity contribution in [3.05, 3.63) is 46.7 Å². The number of nitrogens with zero attached hydrogens (tertiary/aromatic N) is 3. The van der Waals surface area contributed by atoms with Crippen LogP contribution in [0, 0.1) is 0 Å². The molecule has 2 atom stereocenters. The number of carbonyl (C=O) groups excluding carboxylic acids is 1. The van der Waals surface area contributed by atoms with Crippen LogP contribution in [0.15, 0.2) is 44.4 Å². The lowest BCUT2D eigenvalue weighted by Crippen LogP contribution is -2.68. The second-order valence-electron chi connectivity index (χ2n) is 9.83. The Balaban J connectivity index is 1.34. The molecule has 1 saturated heterocycles. The molecule has 7 N–H and O–H groups in total. The molecule has 13 heteroatoms. The maximum atomic E-state index is 12.8. The molecule has 204 valence electrons. The highest BCUT2D eigenvalue weighted by Crippen LogP contribution is 2.40. The minimum absolute atomic E-state index is 0.103. The molecule has 12 nitrogen and oxygen atoms in total. The Bertz CT molecular complexity index is 1560. The second kappa shape index (κ2) is 10.7. The monoisotopic (exact) mass is 552 g/mol. The zero-order valence-corrected chi connectivity index (χ0v) is 22.1. The Hall–Kier alpha value is -3.94. The lowest BCUT2D eigenvalue weighted by molar-refractivity contribution is -0.427. The number of hydrogen-bond donors (Lipinski definition) is 4. The molecule has 1 amide bonds. The van der Waals surface area contributed by atoms with Gasteiger partial charge < -0.3 is 40.6 Å². The van der Waals surface area contributed by atoms with E-state index in [0.29, 0.717) is 65.6 Å². The molecule has 6 rings (SSSR count). The van der Waals surface area contributed by atoms with Crippen LogP contribution in [0.3, 0.4) is 0 Å². The Kier molecular flexibility index (Phi) is 6.94. The number of quaternary nitrogens is 1. The molecular weight excluding hydrogens is 522 g/mol. The van der Waals surface area contributed by atoms with Gasteiger partial charge in [0.2, 0.25) is 11.0 Å². The summed E-state index contributed by atoms with van der Waals surface area (Å²) in [6, 6.07) is 3.79. The molecule has 1 aliphatic heterocycles. The maximum absolute atomic E-state index is 12.8. The summed E-state index contributed by atoms with van der Waals surface area (Å²) in [7, 11) is 0. The standard InChI is InChI=1S/C26H29N7O5S/c27-16-3-1-2-4-17(16)31-14-9-18(22(26(28)35)29-11-14)32-19-12-30-39-25(19)15-13-37-24-20(34)10-21(38-23(15)24)33-5-7-36-8-6-33/h9-13,16-17,31-32H,1-8,27H2,(H2,28,35)/p+1/t16-,17-/m1/s1. The highest BCUT2D eigenvalue weighted by Gasteiger charge is 2.26. The predicted octanol–water partition coefficient (Wildman–Crippen LogP) is 2.55. The summed E-state index contributed by atoms with van der Waals surface area (Å²) in [5.41, 5.74) is 12.6. The summed E-state index contributed by atoms with van der Waals surface area (Å²) in [6.45, 7) is 2.36. The number of pyridine rings is 1. The van der Waals surface area contributed by atoms with Crippen molar-refractivity contribution in [2.75, 3.05) is 41.8 Å². The van der Waals surface area contributed by atoms with Crippen LogP contribution in [-0.4, -0.2) is 53.7 Å². The molecule has 0 spiro atoms. The van der Waals surface area contributed by atoms with Crippen molar-refractivity contribution in [1.29, 1.82) is 0 Å². The third-order valence-corrected chi connectivity index (χ3v) is 8.05. The summed E-state index contributed by atoms with van der Waals surface area (Å²) in [5, 5.41) is 6.80. The molecule has 4 aromatic heterocycles. The van der Waals surface area contributed by atoms with Gasteiger partial charge in [-0.3, -0.25) is 9.59 Å². The van der Waals surface area contributed by atoms with Crippen LogP contribution in [0.1, 0.15) is 36.2 Å². The summed E-state index contributed by atoms with van der Waals surface area (Å²) in [6.07, 6.45) is 9.17. The summed E-state index contributed by atoms with van der Waals surface area (Å²) in [5.74, 6) is -0.195. The highest BCUT2D eigenvalue weighted by atomic mass is 32.1. The fraction of sp³-hybridized carbons (Fsp3) is 0.385. The topological polar surface area (TPSA) is 176 Å². The molecule has 0 radical (unpaired) electrons. The van der Waals surface area contributed by atoms with Crippen LogP contribution in [0.4, 0.5) is 22.9 Å².